The molecule has 6 heteroatoms. The van der Waals surface area contributed by atoms with Gasteiger partial charge in [-0.25, -0.2) is 5.48 Å². The van der Waals surface area contributed by atoms with E-state index in [1.165, 1.54) is 11.6 Å². The molecule has 2 heterocycles. The maximum absolute atomic E-state index is 12.7. The van der Waals surface area contributed by atoms with Gasteiger partial charge in [-0.05, 0) is 37.6 Å². The van der Waals surface area contributed by atoms with Gasteiger partial charge < -0.3 is 9.64 Å². The van der Waals surface area contributed by atoms with Gasteiger partial charge in [-0.1, -0.05) is 6.07 Å². The number of piperidine rings is 1. The summed E-state index contributed by atoms with van der Waals surface area (Å²) in [4.78, 5) is 26.2. The van der Waals surface area contributed by atoms with E-state index < -0.39 is 5.91 Å². The number of benzene rings is 1. The molecule has 3 rings (SSSR count). The Hall–Kier alpha value is -2.18. The highest BCUT2D eigenvalue weighted by atomic mass is 16.5. The van der Waals surface area contributed by atoms with E-state index in [1.54, 1.807) is 24.3 Å². The van der Waals surface area contributed by atoms with Gasteiger partial charge in [-0.15, -0.1) is 0 Å². The number of ketones is 1. The van der Waals surface area contributed by atoms with Crippen LogP contribution < -0.4 is 10.2 Å². The Morgan fingerprint density at radius 3 is 2.72 bits per heavy atom. The number of hydrogen-bond donors (Lipinski definition) is 2. The van der Waals surface area contributed by atoms with Gasteiger partial charge >= 0.3 is 0 Å². The SMILES string of the molecule is CC(C)N1CCC2(CC1)CC(=O)c1cc(C=CC(=O)NO)ccc1O2. The number of nitrogens with zero attached hydrogens (tertiary/aromatic N) is 1. The monoisotopic (exact) mass is 344 g/mol. The predicted octanol–water partition coefficient (Wildman–Crippen LogP) is 2.41. The lowest BCUT2D eigenvalue weighted by Gasteiger charge is -2.45. The van der Waals surface area contributed by atoms with Crippen LogP contribution in [0, 0.1) is 0 Å². The van der Waals surface area contributed by atoms with Crippen LogP contribution in [0.25, 0.3) is 6.08 Å². The molecule has 1 aromatic rings. The van der Waals surface area contributed by atoms with E-state index in [1.807, 2.05) is 0 Å². The van der Waals surface area contributed by atoms with Crippen LogP contribution in [0.2, 0.25) is 0 Å². The van der Waals surface area contributed by atoms with Crippen LogP contribution >= 0.6 is 0 Å². The molecule has 0 unspecified atom stereocenters. The number of fused-ring (bicyclic) bond motifs is 1. The number of Topliss-reactive ketones (excluding diaryl/α,β-unsaturated/α-hetero) is 1. The Balaban J connectivity index is 1.77. The maximum Gasteiger partial charge on any atom is 0.267 e. The number of hydrogen-bond acceptors (Lipinski definition) is 5. The van der Waals surface area contributed by atoms with Crippen LogP contribution in [0.4, 0.5) is 0 Å². The second-order valence-corrected chi connectivity index (χ2v) is 7.08. The molecule has 1 spiro atoms. The average molecular weight is 344 g/mol. The lowest BCUT2D eigenvalue weighted by atomic mass is 9.82. The molecule has 0 atom stereocenters. The third-order valence-electron chi connectivity index (χ3n) is 5.09. The number of carbonyl (C=O) groups excluding carboxylic acids is 2. The summed E-state index contributed by atoms with van der Waals surface area (Å²) in [5, 5.41) is 8.51. The van der Waals surface area contributed by atoms with Gasteiger partial charge in [-0.3, -0.25) is 14.8 Å². The molecular weight excluding hydrogens is 320 g/mol. The zero-order valence-corrected chi connectivity index (χ0v) is 14.6. The van der Waals surface area contributed by atoms with Crippen molar-refractivity contribution in [3.63, 3.8) is 0 Å². The van der Waals surface area contributed by atoms with Gasteiger partial charge in [0, 0.05) is 38.0 Å². The number of hydroxylamine groups is 1. The standard InChI is InChI=1S/C19H24N2O4/c1-13(2)21-9-7-19(8-10-21)12-16(22)15-11-14(3-5-17(15)25-19)4-6-18(23)20-24/h3-6,11,13,24H,7-10,12H2,1-2H3,(H,20,23). The summed E-state index contributed by atoms with van der Waals surface area (Å²) in [7, 11) is 0. The Morgan fingerprint density at radius 1 is 1.36 bits per heavy atom. The summed E-state index contributed by atoms with van der Waals surface area (Å²) in [6.45, 7) is 6.26. The fourth-order valence-electron chi connectivity index (χ4n) is 3.55. The molecule has 6 nitrogen and oxygen atoms in total. The second-order valence-electron chi connectivity index (χ2n) is 7.08. The lowest BCUT2D eigenvalue weighted by molar-refractivity contribution is -0.124. The van der Waals surface area contributed by atoms with Crippen molar-refractivity contribution in [1.29, 1.82) is 0 Å². The van der Waals surface area contributed by atoms with E-state index in [9.17, 15) is 9.59 Å². The first-order valence-electron chi connectivity index (χ1n) is 8.65. The topological polar surface area (TPSA) is 78.9 Å². The molecule has 2 N–H and O–H groups in total. The third-order valence-corrected chi connectivity index (χ3v) is 5.09. The Kier molecular flexibility index (Phi) is 4.92. The predicted molar refractivity (Wildman–Crippen MR) is 93.7 cm³/mol. The van der Waals surface area contributed by atoms with Crippen LogP contribution in [0.5, 0.6) is 5.75 Å². The normalized spacial score (nSPS) is 19.9. The van der Waals surface area contributed by atoms with Crippen molar-refractivity contribution in [2.45, 2.75) is 44.8 Å². The molecular formula is C19H24N2O4. The van der Waals surface area contributed by atoms with Crippen LogP contribution in [0.3, 0.4) is 0 Å². The van der Waals surface area contributed by atoms with E-state index >= 15 is 0 Å². The zero-order chi connectivity index (χ0) is 18.0. The Bertz CT molecular complexity index is 703. The quantitative estimate of drug-likeness (QED) is 0.500. The van der Waals surface area contributed by atoms with Gasteiger partial charge in [0.15, 0.2) is 5.78 Å². The number of rotatable bonds is 3. The summed E-state index contributed by atoms with van der Waals surface area (Å²) >= 11 is 0. The summed E-state index contributed by atoms with van der Waals surface area (Å²) in [6, 6.07) is 5.83. The van der Waals surface area contributed by atoms with Crippen molar-refractivity contribution in [3.05, 3.63) is 35.4 Å². The molecule has 1 amide bonds. The van der Waals surface area contributed by atoms with E-state index in [4.69, 9.17) is 9.94 Å². The molecule has 1 aromatic carbocycles. The smallest absolute Gasteiger partial charge is 0.267 e. The van der Waals surface area contributed by atoms with Gasteiger partial charge in [0.1, 0.15) is 11.4 Å². The van der Waals surface area contributed by atoms with Crippen LogP contribution in [0.15, 0.2) is 24.3 Å². The minimum absolute atomic E-state index is 0.0844. The number of likely N-dealkylation sites (tertiary alicyclic amines) is 1. The highest BCUT2D eigenvalue weighted by molar-refractivity contribution is 6.01. The summed E-state index contributed by atoms with van der Waals surface area (Å²) in [5.41, 5.74) is 2.42. The summed E-state index contributed by atoms with van der Waals surface area (Å²) in [5.74, 6) is 0.0928. The molecule has 0 aromatic heterocycles. The fraction of sp³-hybridized carbons (Fsp3) is 0.474. The van der Waals surface area contributed by atoms with Gasteiger partial charge in [0.25, 0.3) is 5.91 Å². The first-order valence-corrected chi connectivity index (χ1v) is 8.65. The van der Waals surface area contributed by atoms with E-state index in [0.29, 0.717) is 29.3 Å². The lowest BCUT2D eigenvalue weighted by Crippen LogP contribution is -2.52. The summed E-state index contributed by atoms with van der Waals surface area (Å²) in [6.07, 6.45) is 4.86. The number of amides is 1. The van der Waals surface area contributed by atoms with Crippen LogP contribution in [-0.4, -0.2) is 46.5 Å². The second kappa shape index (κ2) is 6.98. The Labute approximate surface area is 147 Å². The van der Waals surface area contributed by atoms with Crippen molar-refractivity contribution in [1.82, 2.24) is 10.4 Å². The highest BCUT2D eigenvalue weighted by Gasteiger charge is 2.43. The first kappa shape index (κ1) is 17.6. The van der Waals surface area contributed by atoms with Crippen molar-refractivity contribution >= 4 is 17.8 Å². The molecule has 25 heavy (non-hydrogen) atoms. The number of carbonyl (C=O) groups is 2. The average Bonchev–Trinajstić information content (AvgIpc) is 2.60. The van der Waals surface area contributed by atoms with Crippen molar-refractivity contribution in [2.75, 3.05) is 13.1 Å². The van der Waals surface area contributed by atoms with Crippen molar-refractivity contribution < 1.29 is 19.5 Å². The molecule has 0 saturated carbocycles. The van der Waals surface area contributed by atoms with E-state index in [-0.39, 0.29) is 11.4 Å². The largest absolute Gasteiger partial charge is 0.486 e. The van der Waals surface area contributed by atoms with Gasteiger partial charge in [0.2, 0.25) is 0 Å². The third kappa shape index (κ3) is 3.75. The zero-order valence-electron chi connectivity index (χ0n) is 14.6. The molecule has 0 bridgehead atoms. The number of nitrogens with one attached hydrogen (secondary N) is 1. The minimum atomic E-state index is -0.615. The van der Waals surface area contributed by atoms with Crippen molar-refractivity contribution in [3.8, 4) is 5.75 Å². The molecule has 1 fully saturated rings. The fourth-order valence-corrected chi connectivity index (χ4v) is 3.55. The Morgan fingerprint density at radius 2 is 2.08 bits per heavy atom. The molecule has 1 saturated heterocycles. The first-order chi connectivity index (χ1) is 11.9. The maximum atomic E-state index is 12.7. The van der Waals surface area contributed by atoms with Crippen LogP contribution in [-0.2, 0) is 4.79 Å². The molecule has 2 aliphatic heterocycles. The van der Waals surface area contributed by atoms with Crippen molar-refractivity contribution in [2.24, 2.45) is 0 Å². The molecule has 0 aliphatic carbocycles. The molecule has 2 aliphatic rings. The summed E-state index contributed by atoms with van der Waals surface area (Å²) < 4.78 is 6.27. The van der Waals surface area contributed by atoms with Gasteiger partial charge in [0.05, 0.1) is 12.0 Å². The van der Waals surface area contributed by atoms with Crippen LogP contribution in [0.1, 0.15) is 49.0 Å². The number of ether oxygens (including phenoxy) is 1. The molecule has 134 valence electrons. The van der Waals surface area contributed by atoms with E-state index in [0.717, 1.165) is 25.9 Å². The van der Waals surface area contributed by atoms with E-state index in [2.05, 4.69) is 18.7 Å². The molecule has 0 radical (unpaired) electrons. The minimum Gasteiger partial charge on any atom is -0.486 e. The highest BCUT2D eigenvalue weighted by Crippen LogP contribution is 2.40. The van der Waals surface area contributed by atoms with Gasteiger partial charge in [-0.2, -0.15) is 0 Å².